The molecule has 1 fully saturated rings. The number of hydrogen-bond acceptors (Lipinski definition) is 5. The van der Waals surface area contributed by atoms with E-state index in [1.807, 2.05) is 0 Å². The first kappa shape index (κ1) is 21.7. The van der Waals surface area contributed by atoms with Crippen LogP contribution in [0.1, 0.15) is 78.9 Å². The van der Waals surface area contributed by atoms with Crippen molar-refractivity contribution in [2.24, 2.45) is 0 Å². The second kappa shape index (κ2) is 10.2. The number of thiophene rings is 1. The van der Waals surface area contributed by atoms with Crippen LogP contribution < -0.4 is 5.32 Å². The maximum absolute atomic E-state index is 12.9. The van der Waals surface area contributed by atoms with Crippen molar-refractivity contribution in [2.75, 3.05) is 5.75 Å². The van der Waals surface area contributed by atoms with E-state index in [1.165, 1.54) is 59.9 Å². The van der Waals surface area contributed by atoms with Crippen LogP contribution in [-0.4, -0.2) is 26.4 Å². The number of aromatic nitrogens is 3. The number of aryl methyl sites for hydroxylation is 1. The molecule has 7 heteroatoms. The predicted octanol–water partition coefficient (Wildman–Crippen LogP) is 5.72. The number of fused-ring (bicyclic) bond motifs is 1. The first-order valence-electron chi connectivity index (χ1n) is 11.7. The lowest BCUT2D eigenvalue weighted by atomic mass is 9.88. The minimum absolute atomic E-state index is 0.0784. The van der Waals surface area contributed by atoms with E-state index in [1.54, 1.807) is 11.3 Å². The maximum Gasteiger partial charge on any atom is 0.230 e. The molecule has 1 N–H and O–H groups in total. The number of amides is 1. The summed E-state index contributed by atoms with van der Waals surface area (Å²) in [6.45, 7) is 0. The van der Waals surface area contributed by atoms with Crippen LogP contribution in [0.2, 0.25) is 0 Å². The van der Waals surface area contributed by atoms with Gasteiger partial charge in [-0.2, -0.15) is 0 Å². The Kier molecular flexibility index (Phi) is 6.93. The Morgan fingerprint density at radius 1 is 1.06 bits per heavy atom. The van der Waals surface area contributed by atoms with Crippen LogP contribution in [0.3, 0.4) is 0 Å². The molecular formula is C25H30N4OS2. The van der Waals surface area contributed by atoms with Crippen LogP contribution in [0, 0.1) is 0 Å². The Hall–Kier alpha value is -2.12. The standard InChI is InChI=1S/C25H30N4OS2/c30-24(26-22-14-6-9-18-8-4-5-13-21(18)22)17-32-25-28-27-23(16-20-12-7-15-31-20)29(25)19-10-2-1-3-11-19/h4-5,7-8,12-13,15,19,22H,1-3,6,9-11,14,16-17H2,(H,26,30)/t22-/m1/s1. The average Bonchev–Trinajstić information content (AvgIpc) is 3.49. The summed E-state index contributed by atoms with van der Waals surface area (Å²) in [7, 11) is 0. The zero-order valence-corrected chi connectivity index (χ0v) is 20.0. The fourth-order valence-corrected chi connectivity index (χ4v) is 6.61. The van der Waals surface area contributed by atoms with Gasteiger partial charge in [-0.15, -0.1) is 21.5 Å². The highest BCUT2D eigenvalue weighted by Crippen LogP contribution is 2.34. The lowest BCUT2D eigenvalue weighted by molar-refractivity contribution is -0.119. The van der Waals surface area contributed by atoms with Crippen molar-refractivity contribution in [1.29, 1.82) is 0 Å². The van der Waals surface area contributed by atoms with Crippen molar-refractivity contribution in [3.63, 3.8) is 0 Å². The van der Waals surface area contributed by atoms with Gasteiger partial charge in [0.1, 0.15) is 5.82 Å². The Balaban J connectivity index is 1.27. The number of benzene rings is 1. The van der Waals surface area contributed by atoms with Gasteiger partial charge in [-0.3, -0.25) is 4.79 Å². The lowest BCUT2D eigenvalue weighted by Crippen LogP contribution is -2.32. The van der Waals surface area contributed by atoms with Gasteiger partial charge >= 0.3 is 0 Å². The average molecular weight is 467 g/mol. The molecule has 32 heavy (non-hydrogen) atoms. The SMILES string of the molecule is O=C(CSc1nnc(Cc2cccs2)n1C1CCCCC1)N[C@@H]1CCCc2ccccc21. The molecule has 1 aromatic carbocycles. The van der Waals surface area contributed by atoms with Gasteiger partial charge in [-0.1, -0.05) is 61.4 Å². The monoisotopic (exact) mass is 466 g/mol. The molecule has 0 bridgehead atoms. The summed E-state index contributed by atoms with van der Waals surface area (Å²) < 4.78 is 2.34. The second-order valence-electron chi connectivity index (χ2n) is 8.82. The Labute approximate surface area is 198 Å². The summed E-state index contributed by atoms with van der Waals surface area (Å²) in [5.74, 6) is 1.49. The zero-order chi connectivity index (χ0) is 21.8. The summed E-state index contributed by atoms with van der Waals surface area (Å²) in [6, 6.07) is 13.3. The molecule has 2 heterocycles. The molecule has 0 unspecified atom stereocenters. The van der Waals surface area contributed by atoms with Gasteiger partial charge in [0.05, 0.1) is 11.8 Å². The van der Waals surface area contributed by atoms with Crippen LogP contribution in [-0.2, 0) is 17.6 Å². The number of thioether (sulfide) groups is 1. The third-order valence-corrected chi connectivity index (χ3v) is 8.44. The first-order chi connectivity index (χ1) is 15.8. The number of carbonyl (C=O) groups is 1. The highest BCUT2D eigenvalue weighted by atomic mass is 32.2. The Morgan fingerprint density at radius 2 is 1.94 bits per heavy atom. The van der Waals surface area contributed by atoms with E-state index in [-0.39, 0.29) is 11.9 Å². The van der Waals surface area contributed by atoms with Crippen molar-refractivity contribution >= 4 is 29.0 Å². The number of hydrogen-bond donors (Lipinski definition) is 1. The van der Waals surface area contributed by atoms with E-state index >= 15 is 0 Å². The van der Waals surface area contributed by atoms with Gasteiger partial charge in [-0.05, 0) is 54.7 Å². The third kappa shape index (κ3) is 4.94. The molecule has 3 aromatic rings. The van der Waals surface area contributed by atoms with Gasteiger partial charge in [0.25, 0.3) is 0 Å². The van der Waals surface area contributed by atoms with Crippen molar-refractivity contribution in [1.82, 2.24) is 20.1 Å². The van der Waals surface area contributed by atoms with Gasteiger partial charge in [0.2, 0.25) is 5.91 Å². The molecule has 0 spiro atoms. The molecule has 2 aliphatic rings. The number of nitrogens with zero attached hydrogens (tertiary/aromatic N) is 3. The normalized spacial score (nSPS) is 18.9. The van der Waals surface area contributed by atoms with E-state index in [2.05, 4.69) is 61.9 Å². The molecule has 1 saturated carbocycles. The smallest absolute Gasteiger partial charge is 0.230 e. The minimum atomic E-state index is 0.0784. The molecular weight excluding hydrogens is 436 g/mol. The van der Waals surface area contributed by atoms with Crippen molar-refractivity contribution in [3.8, 4) is 0 Å². The number of rotatable bonds is 7. The van der Waals surface area contributed by atoms with E-state index < -0.39 is 0 Å². The molecule has 1 amide bonds. The van der Waals surface area contributed by atoms with Crippen LogP contribution in [0.4, 0.5) is 0 Å². The third-order valence-electron chi connectivity index (χ3n) is 6.62. The molecule has 168 valence electrons. The van der Waals surface area contributed by atoms with E-state index in [0.717, 1.165) is 36.7 Å². The molecule has 5 rings (SSSR count). The summed E-state index contributed by atoms with van der Waals surface area (Å²) in [5, 5.41) is 15.4. The fraction of sp³-hybridized carbons (Fsp3) is 0.480. The Morgan fingerprint density at radius 3 is 2.78 bits per heavy atom. The van der Waals surface area contributed by atoms with Crippen LogP contribution >= 0.6 is 23.1 Å². The van der Waals surface area contributed by atoms with Gasteiger partial charge in [0, 0.05) is 17.3 Å². The van der Waals surface area contributed by atoms with Gasteiger partial charge < -0.3 is 9.88 Å². The van der Waals surface area contributed by atoms with Crippen molar-refractivity contribution in [2.45, 2.75) is 75.0 Å². The molecule has 0 radical (unpaired) electrons. The van der Waals surface area contributed by atoms with Crippen LogP contribution in [0.15, 0.2) is 46.9 Å². The van der Waals surface area contributed by atoms with Crippen molar-refractivity contribution < 1.29 is 4.79 Å². The van der Waals surface area contributed by atoms with E-state index in [9.17, 15) is 4.79 Å². The maximum atomic E-state index is 12.9. The highest BCUT2D eigenvalue weighted by molar-refractivity contribution is 7.99. The molecule has 2 aliphatic carbocycles. The van der Waals surface area contributed by atoms with Crippen LogP contribution in [0.25, 0.3) is 0 Å². The van der Waals surface area contributed by atoms with Gasteiger partial charge in [-0.25, -0.2) is 0 Å². The largest absolute Gasteiger partial charge is 0.349 e. The molecule has 1 atom stereocenters. The van der Waals surface area contributed by atoms with Crippen LogP contribution in [0.5, 0.6) is 0 Å². The lowest BCUT2D eigenvalue weighted by Gasteiger charge is -2.27. The first-order valence-corrected chi connectivity index (χ1v) is 13.6. The highest BCUT2D eigenvalue weighted by Gasteiger charge is 2.25. The molecule has 0 aliphatic heterocycles. The minimum Gasteiger partial charge on any atom is -0.349 e. The molecule has 5 nitrogen and oxygen atoms in total. The predicted molar refractivity (Wildman–Crippen MR) is 130 cm³/mol. The summed E-state index contributed by atoms with van der Waals surface area (Å²) >= 11 is 3.30. The number of nitrogens with one attached hydrogen (secondary N) is 1. The van der Waals surface area contributed by atoms with Crippen molar-refractivity contribution in [3.05, 3.63) is 63.6 Å². The summed E-state index contributed by atoms with van der Waals surface area (Å²) in [4.78, 5) is 14.2. The van der Waals surface area contributed by atoms with Gasteiger partial charge in [0.15, 0.2) is 5.16 Å². The quantitative estimate of drug-likeness (QED) is 0.452. The second-order valence-corrected chi connectivity index (χ2v) is 10.8. The van der Waals surface area contributed by atoms with E-state index in [4.69, 9.17) is 0 Å². The topological polar surface area (TPSA) is 59.8 Å². The Bertz CT molecular complexity index is 1040. The summed E-state index contributed by atoms with van der Waals surface area (Å²) in [6.07, 6.45) is 10.2. The summed E-state index contributed by atoms with van der Waals surface area (Å²) in [5.41, 5.74) is 2.65. The zero-order valence-electron chi connectivity index (χ0n) is 18.3. The van der Waals surface area contributed by atoms with E-state index in [0.29, 0.717) is 11.8 Å². The number of carbonyl (C=O) groups excluding carboxylic acids is 1. The molecule has 0 saturated heterocycles. The molecule has 2 aromatic heterocycles. The fourth-order valence-electron chi connectivity index (χ4n) is 5.07.